The molecule has 1 amide bonds. The van der Waals surface area contributed by atoms with Gasteiger partial charge in [-0.1, -0.05) is 18.2 Å². The second-order valence-corrected chi connectivity index (χ2v) is 9.28. The average molecular weight is 515 g/mol. The van der Waals surface area contributed by atoms with E-state index in [4.69, 9.17) is 9.47 Å². The molecule has 1 atom stereocenters. The van der Waals surface area contributed by atoms with Gasteiger partial charge in [0.2, 0.25) is 0 Å². The molecule has 1 fully saturated rings. The van der Waals surface area contributed by atoms with Crippen molar-refractivity contribution in [3.63, 3.8) is 0 Å². The Hall–Kier alpha value is -4.46. The molecule has 1 aliphatic rings. The van der Waals surface area contributed by atoms with Crippen LogP contribution in [0.3, 0.4) is 0 Å². The number of Topliss-reactive ketones (excluding diaryl/α,β-unsaturated/α-hetero) is 1. The molecule has 0 saturated carbocycles. The summed E-state index contributed by atoms with van der Waals surface area (Å²) in [4.78, 5) is 44.1. The number of esters is 1. The molecule has 38 heavy (non-hydrogen) atoms. The lowest BCUT2D eigenvalue weighted by Gasteiger charge is -2.25. The third-order valence-corrected chi connectivity index (χ3v) is 6.17. The van der Waals surface area contributed by atoms with Crippen LogP contribution in [0.1, 0.15) is 59.4 Å². The van der Waals surface area contributed by atoms with E-state index in [-0.39, 0.29) is 30.6 Å². The predicted molar refractivity (Wildman–Crippen MR) is 141 cm³/mol. The molecule has 8 heteroatoms. The Bertz CT molecular complexity index is 1380. The zero-order valence-electron chi connectivity index (χ0n) is 21.8. The van der Waals surface area contributed by atoms with Crippen LogP contribution in [0.25, 0.3) is 5.76 Å². The molecule has 0 spiro atoms. The zero-order chi connectivity index (χ0) is 27.4. The van der Waals surface area contributed by atoms with Gasteiger partial charge in [0.1, 0.15) is 11.5 Å². The van der Waals surface area contributed by atoms with E-state index in [2.05, 4.69) is 4.98 Å². The highest BCUT2D eigenvalue weighted by Gasteiger charge is 2.46. The number of ketones is 1. The summed E-state index contributed by atoms with van der Waals surface area (Å²) in [7, 11) is 0. The van der Waals surface area contributed by atoms with Crippen LogP contribution in [0.15, 0.2) is 72.6 Å². The predicted octanol–water partition coefficient (Wildman–Crippen LogP) is 4.98. The molecule has 1 saturated heterocycles. The van der Waals surface area contributed by atoms with Crippen LogP contribution >= 0.6 is 0 Å². The number of pyridine rings is 1. The number of ether oxygens (including phenoxy) is 2. The third kappa shape index (κ3) is 5.44. The zero-order valence-corrected chi connectivity index (χ0v) is 21.8. The van der Waals surface area contributed by atoms with E-state index >= 15 is 0 Å². The number of likely N-dealkylation sites (tertiary alicyclic amines) is 1. The van der Waals surface area contributed by atoms with Crippen LogP contribution in [0.5, 0.6) is 5.75 Å². The number of carbonyl (C=O) groups excluding carboxylic acids is 3. The summed E-state index contributed by atoms with van der Waals surface area (Å²) in [5, 5.41) is 11.3. The van der Waals surface area contributed by atoms with Crippen LogP contribution in [0, 0.1) is 6.92 Å². The first-order chi connectivity index (χ1) is 18.2. The first kappa shape index (κ1) is 26.6. The van der Waals surface area contributed by atoms with Crippen molar-refractivity contribution in [2.75, 3.05) is 6.61 Å². The van der Waals surface area contributed by atoms with Gasteiger partial charge in [-0.05, 0) is 80.8 Å². The van der Waals surface area contributed by atoms with Crippen molar-refractivity contribution in [2.45, 2.75) is 46.4 Å². The number of nitrogens with zero attached hydrogens (tertiary/aromatic N) is 2. The first-order valence-electron chi connectivity index (χ1n) is 12.4. The van der Waals surface area contributed by atoms with Crippen molar-refractivity contribution in [2.24, 2.45) is 0 Å². The van der Waals surface area contributed by atoms with Gasteiger partial charge in [-0.15, -0.1) is 0 Å². The highest BCUT2D eigenvalue weighted by atomic mass is 16.5. The van der Waals surface area contributed by atoms with Crippen LogP contribution in [-0.2, 0) is 20.9 Å². The van der Waals surface area contributed by atoms with Gasteiger partial charge in [0.05, 0.1) is 29.9 Å². The number of benzene rings is 2. The lowest BCUT2D eigenvalue weighted by molar-refractivity contribution is -0.140. The molecule has 1 N–H and O–H groups in total. The molecule has 2 heterocycles. The minimum atomic E-state index is -0.847. The van der Waals surface area contributed by atoms with Gasteiger partial charge in [-0.2, -0.15) is 0 Å². The number of carbonyl (C=O) groups is 3. The van der Waals surface area contributed by atoms with E-state index in [0.29, 0.717) is 28.0 Å². The van der Waals surface area contributed by atoms with E-state index in [0.717, 1.165) is 5.56 Å². The minimum Gasteiger partial charge on any atom is -0.507 e. The third-order valence-electron chi connectivity index (χ3n) is 6.17. The molecule has 1 unspecified atom stereocenters. The van der Waals surface area contributed by atoms with Crippen LogP contribution < -0.4 is 4.74 Å². The number of aromatic nitrogens is 1. The maximum absolute atomic E-state index is 13.3. The van der Waals surface area contributed by atoms with Crippen molar-refractivity contribution in [3.05, 3.63) is 100 Å². The maximum atomic E-state index is 13.3. The molecule has 1 aliphatic heterocycles. The number of amides is 1. The first-order valence-corrected chi connectivity index (χ1v) is 12.4. The van der Waals surface area contributed by atoms with Crippen molar-refractivity contribution < 1.29 is 29.0 Å². The number of aliphatic hydroxyl groups is 1. The maximum Gasteiger partial charge on any atom is 0.338 e. The second-order valence-electron chi connectivity index (χ2n) is 9.28. The molecule has 4 rings (SSSR count). The van der Waals surface area contributed by atoms with Crippen LogP contribution in [-0.4, -0.2) is 45.4 Å². The van der Waals surface area contributed by atoms with Gasteiger partial charge in [0.15, 0.2) is 0 Å². The molecule has 196 valence electrons. The topological polar surface area (TPSA) is 106 Å². The summed E-state index contributed by atoms with van der Waals surface area (Å²) in [6, 6.07) is 14.4. The van der Waals surface area contributed by atoms with E-state index in [1.807, 2.05) is 20.8 Å². The Labute approximate surface area is 221 Å². The molecule has 0 radical (unpaired) electrons. The number of aryl methyl sites for hydroxylation is 1. The lowest BCUT2D eigenvalue weighted by Crippen LogP contribution is -2.29. The molecule has 3 aromatic rings. The average Bonchev–Trinajstić information content (AvgIpc) is 3.15. The Kier molecular flexibility index (Phi) is 7.90. The largest absolute Gasteiger partial charge is 0.507 e. The van der Waals surface area contributed by atoms with Gasteiger partial charge in [-0.3, -0.25) is 14.6 Å². The standard InChI is InChI=1S/C30H30N2O6/c1-5-37-30(36)21-10-8-20(9-11-21)17-32-26(23-7-6-14-31-16-23)25(28(34)29(32)35)27(33)22-12-13-24(19(4)15-22)38-18(2)3/h6-16,18,26,33H,5,17H2,1-4H3/b27-25-. The molecular weight excluding hydrogens is 484 g/mol. The van der Waals surface area contributed by atoms with E-state index in [1.54, 1.807) is 73.9 Å². The van der Waals surface area contributed by atoms with E-state index in [1.165, 1.54) is 4.90 Å². The number of hydrogen-bond donors (Lipinski definition) is 1. The molecule has 0 bridgehead atoms. The summed E-state index contributed by atoms with van der Waals surface area (Å²) < 4.78 is 10.8. The van der Waals surface area contributed by atoms with E-state index < -0.39 is 23.7 Å². The lowest BCUT2D eigenvalue weighted by atomic mass is 9.95. The Morgan fingerprint density at radius 2 is 1.79 bits per heavy atom. The Balaban J connectivity index is 1.74. The normalized spacial score (nSPS) is 16.7. The second kappa shape index (κ2) is 11.3. The van der Waals surface area contributed by atoms with Gasteiger partial charge in [0.25, 0.3) is 11.7 Å². The smallest absolute Gasteiger partial charge is 0.338 e. The summed E-state index contributed by atoms with van der Waals surface area (Å²) in [5.74, 6) is -1.54. The van der Waals surface area contributed by atoms with E-state index in [9.17, 15) is 19.5 Å². The highest BCUT2D eigenvalue weighted by molar-refractivity contribution is 6.46. The van der Waals surface area contributed by atoms with Crippen LogP contribution in [0.2, 0.25) is 0 Å². The monoisotopic (exact) mass is 514 g/mol. The van der Waals surface area contributed by atoms with Crippen LogP contribution in [0.4, 0.5) is 0 Å². The van der Waals surface area contributed by atoms with Gasteiger partial charge < -0.3 is 19.5 Å². The number of aliphatic hydroxyl groups excluding tert-OH is 1. The number of hydrogen-bond acceptors (Lipinski definition) is 7. The van der Waals surface area contributed by atoms with Gasteiger partial charge in [0, 0.05) is 24.5 Å². The molecule has 1 aromatic heterocycles. The molecule has 8 nitrogen and oxygen atoms in total. The Morgan fingerprint density at radius 1 is 1.08 bits per heavy atom. The fourth-order valence-electron chi connectivity index (χ4n) is 4.42. The van der Waals surface area contributed by atoms with Crippen molar-refractivity contribution in [1.29, 1.82) is 0 Å². The quantitative estimate of drug-likeness (QED) is 0.196. The summed E-state index contributed by atoms with van der Waals surface area (Å²) in [6.07, 6.45) is 3.15. The number of rotatable bonds is 8. The summed E-state index contributed by atoms with van der Waals surface area (Å²) in [5.41, 5.74) is 2.87. The SMILES string of the molecule is CCOC(=O)c1ccc(CN2C(=O)C(=O)/C(=C(\O)c3ccc(OC(C)C)c(C)c3)C2c2cccnc2)cc1. The van der Waals surface area contributed by atoms with Crippen molar-refractivity contribution in [1.82, 2.24) is 9.88 Å². The summed E-state index contributed by atoms with van der Waals surface area (Å²) in [6.45, 7) is 7.79. The van der Waals surface area contributed by atoms with Crippen molar-refractivity contribution >= 4 is 23.4 Å². The highest BCUT2D eigenvalue weighted by Crippen LogP contribution is 2.40. The molecule has 0 aliphatic carbocycles. The van der Waals surface area contributed by atoms with Gasteiger partial charge >= 0.3 is 5.97 Å². The Morgan fingerprint density at radius 3 is 2.39 bits per heavy atom. The summed E-state index contributed by atoms with van der Waals surface area (Å²) >= 11 is 0. The molecule has 2 aromatic carbocycles. The molecular formula is C30H30N2O6. The van der Waals surface area contributed by atoms with Crippen molar-refractivity contribution in [3.8, 4) is 5.75 Å². The van der Waals surface area contributed by atoms with Gasteiger partial charge in [-0.25, -0.2) is 4.79 Å². The fraction of sp³-hybridized carbons (Fsp3) is 0.267. The minimum absolute atomic E-state index is 0.0110. The fourth-order valence-corrected chi connectivity index (χ4v) is 4.42.